The number of amides is 2. The Labute approximate surface area is 126 Å². The van der Waals surface area contributed by atoms with Gasteiger partial charge in [-0.2, -0.15) is 0 Å². The van der Waals surface area contributed by atoms with Gasteiger partial charge in [0.15, 0.2) is 0 Å². The van der Waals surface area contributed by atoms with Crippen LogP contribution in [-0.2, 0) is 16.0 Å². The Kier molecular flexibility index (Phi) is 4.99. The predicted molar refractivity (Wildman–Crippen MR) is 82.7 cm³/mol. The molecule has 0 bridgehead atoms. The minimum absolute atomic E-state index is 0.0437. The fourth-order valence-electron chi connectivity index (χ4n) is 2.65. The van der Waals surface area contributed by atoms with Crippen LogP contribution in [0.25, 0.3) is 0 Å². The second kappa shape index (κ2) is 6.74. The van der Waals surface area contributed by atoms with E-state index in [-0.39, 0.29) is 24.4 Å². The number of piperazine rings is 1. The topological polar surface area (TPSA) is 40.6 Å². The van der Waals surface area contributed by atoms with Crippen molar-refractivity contribution < 1.29 is 9.59 Å². The van der Waals surface area contributed by atoms with Crippen molar-refractivity contribution in [2.75, 3.05) is 20.1 Å². The van der Waals surface area contributed by atoms with E-state index >= 15 is 0 Å². The molecule has 1 heterocycles. The van der Waals surface area contributed by atoms with Crippen molar-refractivity contribution in [2.24, 2.45) is 5.92 Å². The Morgan fingerprint density at radius 1 is 1.19 bits per heavy atom. The lowest BCUT2D eigenvalue weighted by molar-refractivity contribution is -0.154. The van der Waals surface area contributed by atoms with E-state index in [0.717, 1.165) is 12.0 Å². The van der Waals surface area contributed by atoms with Gasteiger partial charge in [0.2, 0.25) is 11.8 Å². The van der Waals surface area contributed by atoms with Gasteiger partial charge in [-0.25, -0.2) is 0 Å². The molecule has 0 saturated carbocycles. The van der Waals surface area contributed by atoms with Crippen molar-refractivity contribution in [2.45, 2.75) is 32.7 Å². The number of likely N-dealkylation sites (N-methyl/N-ethyl adjacent to an activating group) is 1. The van der Waals surface area contributed by atoms with E-state index in [2.05, 4.69) is 13.8 Å². The van der Waals surface area contributed by atoms with Crippen molar-refractivity contribution in [1.82, 2.24) is 9.80 Å². The molecule has 4 nitrogen and oxygen atoms in total. The highest BCUT2D eigenvalue weighted by Gasteiger charge is 2.37. The Morgan fingerprint density at radius 2 is 1.86 bits per heavy atom. The third kappa shape index (κ3) is 3.84. The SMILES string of the molecule is CC(C)CCN1C(=O)CN(C)C(=O)[C@@H]1Cc1ccccc1. The predicted octanol–water partition coefficient (Wildman–Crippen LogP) is 1.94. The van der Waals surface area contributed by atoms with Crippen LogP contribution in [0.4, 0.5) is 0 Å². The number of carbonyl (C=O) groups excluding carboxylic acids is 2. The molecule has 2 rings (SSSR count). The maximum Gasteiger partial charge on any atom is 0.245 e. The number of nitrogens with zero attached hydrogens (tertiary/aromatic N) is 2. The summed E-state index contributed by atoms with van der Waals surface area (Å²) in [6.07, 6.45) is 1.52. The molecule has 2 amide bonds. The quantitative estimate of drug-likeness (QED) is 0.831. The Bertz CT molecular complexity index is 499. The van der Waals surface area contributed by atoms with Crippen LogP contribution in [-0.4, -0.2) is 47.8 Å². The van der Waals surface area contributed by atoms with Gasteiger partial charge >= 0.3 is 0 Å². The summed E-state index contributed by atoms with van der Waals surface area (Å²) in [5, 5.41) is 0. The highest BCUT2D eigenvalue weighted by Crippen LogP contribution is 2.18. The van der Waals surface area contributed by atoms with Crippen molar-refractivity contribution in [3.05, 3.63) is 35.9 Å². The van der Waals surface area contributed by atoms with E-state index in [9.17, 15) is 9.59 Å². The lowest BCUT2D eigenvalue weighted by atomic mass is 10.00. The number of carbonyl (C=O) groups is 2. The second-order valence-electron chi connectivity index (χ2n) is 6.17. The molecule has 1 aliphatic rings. The summed E-state index contributed by atoms with van der Waals surface area (Å²) in [6.45, 7) is 5.12. The van der Waals surface area contributed by atoms with Crippen LogP contribution in [0.2, 0.25) is 0 Å². The van der Waals surface area contributed by atoms with Gasteiger partial charge in [0, 0.05) is 20.0 Å². The van der Waals surface area contributed by atoms with Gasteiger partial charge < -0.3 is 9.80 Å². The van der Waals surface area contributed by atoms with E-state index in [4.69, 9.17) is 0 Å². The highest BCUT2D eigenvalue weighted by molar-refractivity contribution is 5.94. The average Bonchev–Trinajstić information content (AvgIpc) is 2.45. The normalized spacial score (nSPS) is 19.5. The second-order valence-corrected chi connectivity index (χ2v) is 6.17. The fraction of sp³-hybridized carbons (Fsp3) is 0.529. The van der Waals surface area contributed by atoms with Gasteiger partial charge in [-0.15, -0.1) is 0 Å². The molecule has 1 aromatic rings. The third-order valence-corrected chi connectivity index (χ3v) is 3.95. The molecule has 1 fully saturated rings. The summed E-state index contributed by atoms with van der Waals surface area (Å²) in [7, 11) is 1.71. The lowest BCUT2D eigenvalue weighted by Crippen LogP contribution is -2.59. The molecule has 0 spiro atoms. The minimum atomic E-state index is -0.364. The smallest absolute Gasteiger partial charge is 0.245 e. The molecule has 4 heteroatoms. The van der Waals surface area contributed by atoms with Gasteiger partial charge in [0.05, 0.1) is 6.54 Å². The van der Waals surface area contributed by atoms with Crippen molar-refractivity contribution >= 4 is 11.8 Å². The number of benzene rings is 1. The van der Waals surface area contributed by atoms with Gasteiger partial charge in [0.25, 0.3) is 0 Å². The average molecular weight is 288 g/mol. The first kappa shape index (κ1) is 15.5. The van der Waals surface area contributed by atoms with Gasteiger partial charge in [-0.3, -0.25) is 9.59 Å². The largest absolute Gasteiger partial charge is 0.335 e. The monoisotopic (exact) mass is 288 g/mol. The third-order valence-electron chi connectivity index (χ3n) is 3.95. The van der Waals surface area contributed by atoms with E-state index in [1.165, 1.54) is 0 Å². The van der Waals surface area contributed by atoms with Crippen LogP contribution in [0.15, 0.2) is 30.3 Å². The number of rotatable bonds is 5. The molecule has 114 valence electrons. The van der Waals surface area contributed by atoms with Gasteiger partial charge in [-0.05, 0) is 17.9 Å². The van der Waals surface area contributed by atoms with E-state index in [1.54, 1.807) is 16.8 Å². The maximum absolute atomic E-state index is 12.5. The molecule has 1 atom stereocenters. The molecule has 21 heavy (non-hydrogen) atoms. The van der Waals surface area contributed by atoms with Crippen molar-refractivity contribution in [3.8, 4) is 0 Å². The first-order chi connectivity index (χ1) is 9.99. The number of hydrogen-bond donors (Lipinski definition) is 0. The zero-order valence-electron chi connectivity index (χ0n) is 13.1. The summed E-state index contributed by atoms with van der Waals surface area (Å²) < 4.78 is 0. The molecular formula is C17H24N2O2. The van der Waals surface area contributed by atoms with E-state index < -0.39 is 0 Å². The van der Waals surface area contributed by atoms with Crippen molar-refractivity contribution in [1.29, 1.82) is 0 Å². The standard InChI is InChI=1S/C17H24N2O2/c1-13(2)9-10-19-15(11-14-7-5-4-6-8-14)17(21)18(3)12-16(19)20/h4-8,13,15H,9-12H2,1-3H3/t15-/m0/s1. The van der Waals surface area contributed by atoms with Crippen LogP contribution in [0.5, 0.6) is 0 Å². The van der Waals surface area contributed by atoms with E-state index in [0.29, 0.717) is 18.9 Å². The molecule has 0 radical (unpaired) electrons. The van der Waals surface area contributed by atoms with Crippen molar-refractivity contribution in [3.63, 3.8) is 0 Å². The minimum Gasteiger partial charge on any atom is -0.335 e. The first-order valence-corrected chi connectivity index (χ1v) is 7.57. The number of hydrogen-bond acceptors (Lipinski definition) is 2. The summed E-state index contributed by atoms with van der Waals surface area (Å²) in [4.78, 5) is 28.1. The fourth-order valence-corrected chi connectivity index (χ4v) is 2.65. The summed E-state index contributed by atoms with van der Waals surface area (Å²) >= 11 is 0. The van der Waals surface area contributed by atoms with Crippen LogP contribution in [0, 0.1) is 5.92 Å². The molecule has 0 N–H and O–H groups in total. The highest BCUT2D eigenvalue weighted by atomic mass is 16.2. The van der Waals surface area contributed by atoms with Crippen LogP contribution >= 0.6 is 0 Å². The zero-order chi connectivity index (χ0) is 15.4. The summed E-state index contributed by atoms with van der Waals surface area (Å²) in [6, 6.07) is 9.54. The Hall–Kier alpha value is -1.84. The van der Waals surface area contributed by atoms with Crippen LogP contribution in [0.1, 0.15) is 25.8 Å². The van der Waals surface area contributed by atoms with Crippen LogP contribution < -0.4 is 0 Å². The Morgan fingerprint density at radius 3 is 2.48 bits per heavy atom. The van der Waals surface area contributed by atoms with Crippen LogP contribution in [0.3, 0.4) is 0 Å². The molecule has 0 aliphatic carbocycles. The maximum atomic E-state index is 12.5. The summed E-state index contributed by atoms with van der Waals surface area (Å²) in [5.74, 6) is 0.617. The molecule has 0 unspecified atom stereocenters. The summed E-state index contributed by atoms with van der Waals surface area (Å²) in [5.41, 5.74) is 1.09. The van der Waals surface area contributed by atoms with E-state index in [1.807, 2.05) is 30.3 Å². The molecule has 0 aromatic heterocycles. The van der Waals surface area contributed by atoms with Gasteiger partial charge in [0.1, 0.15) is 6.04 Å². The zero-order valence-corrected chi connectivity index (χ0v) is 13.1. The Balaban J connectivity index is 2.17. The van der Waals surface area contributed by atoms with Gasteiger partial charge in [-0.1, -0.05) is 44.2 Å². The lowest BCUT2D eigenvalue weighted by Gasteiger charge is -2.39. The first-order valence-electron chi connectivity index (χ1n) is 7.57. The molecule has 1 aromatic carbocycles. The molecular weight excluding hydrogens is 264 g/mol. The molecule has 1 saturated heterocycles. The molecule has 1 aliphatic heterocycles.